The number of rotatable bonds is 6. The van der Waals surface area contributed by atoms with E-state index in [0.717, 1.165) is 38.0 Å². The molecule has 3 heterocycles. The molecule has 0 atom stereocenters. The van der Waals surface area contributed by atoms with E-state index in [9.17, 15) is 4.79 Å². The Bertz CT molecular complexity index is 660. The Hall–Kier alpha value is -1.17. The van der Waals surface area contributed by atoms with Crippen LogP contribution in [-0.2, 0) is 15.1 Å². The van der Waals surface area contributed by atoms with Crippen molar-refractivity contribution in [2.75, 3.05) is 39.3 Å². The van der Waals surface area contributed by atoms with Crippen molar-refractivity contribution in [1.29, 1.82) is 0 Å². The molecule has 5 nitrogen and oxygen atoms in total. The zero-order chi connectivity index (χ0) is 20.2. The number of halogens is 1. The second-order valence-corrected chi connectivity index (χ2v) is 9.76. The summed E-state index contributed by atoms with van der Waals surface area (Å²) in [4.78, 5) is 21.2. The maximum Gasteiger partial charge on any atom is 0.223 e. The normalized spacial score (nSPS) is 20.5. The largest absolute Gasteiger partial charge is 0.369 e. The van der Waals surface area contributed by atoms with Crippen LogP contribution in [0.3, 0.4) is 0 Å². The van der Waals surface area contributed by atoms with Crippen LogP contribution < -0.4 is 0 Å². The summed E-state index contributed by atoms with van der Waals surface area (Å²) in [5.74, 6) is 0.242. The molecule has 2 aliphatic rings. The first-order valence-corrected chi connectivity index (χ1v) is 10.9. The van der Waals surface area contributed by atoms with Gasteiger partial charge in [-0.25, -0.2) is 4.98 Å². The lowest BCUT2D eigenvalue weighted by Crippen LogP contribution is -2.47. The number of ether oxygens (including phenoxy) is 1. The van der Waals surface area contributed by atoms with E-state index in [1.54, 1.807) is 6.20 Å². The molecule has 1 amide bonds. The van der Waals surface area contributed by atoms with Gasteiger partial charge >= 0.3 is 0 Å². The molecule has 3 rings (SSSR count). The van der Waals surface area contributed by atoms with Gasteiger partial charge in [-0.15, -0.1) is 0 Å². The summed E-state index contributed by atoms with van der Waals surface area (Å²) in [6.07, 6.45) is 6.50. The highest BCUT2D eigenvalue weighted by molar-refractivity contribution is 6.29. The van der Waals surface area contributed by atoms with Gasteiger partial charge in [-0.3, -0.25) is 4.79 Å². The number of hydrogen-bond acceptors (Lipinski definition) is 4. The zero-order valence-electron chi connectivity index (χ0n) is 17.5. The van der Waals surface area contributed by atoms with Crippen molar-refractivity contribution in [2.45, 2.75) is 58.5 Å². The average molecular weight is 408 g/mol. The summed E-state index contributed by atoms with van der Waals surface area (Å²) in [5.41, 5.74) is 0.707. The number of carbonyl (C=O) groups excluding carboxylic acids is 1. The van der Waals surface area contributed by atoms with Gasteiger partial charge in [0.25, 0.3) is 0 Å². The fraction of sp³-hybridized carbons (Fsp3) is 0.727. The quantitative estimate of drug-likeness (QED) is 0.666. The molecule has 0 saturated carbocycles. The highest BCUT2D eigenvalue weighted by Gasteiger charge is 2.39. The number of pyridine rings is 1. The molecule has 2 aliphatic heterocycles. The van der Waals surface area contributed by atoms with Crippen LogP contribution in [0.4, 0.5) is 0 Å². The lowest BCUT2D eigenvalue weighted by molar-refractivity contribution is -0.141. The van der Waals surface area contributed by atoms with Gasteiger partial charge in [-0.2, -0.15) is 0 Å². The molecule has 0 spiro atoms. The van der Waals surface area contributed by atoms with Gasteiger partial charge in [-0.1, -0.05) is 32.4 Å². The second kappa shape index (κ2) is 9.10. The van der Waals surface area contributed by atoms with Gasteiger partial charge in [0.1, 0.15) is 5.15 Å². The van der Waals surface area contributed by atoms with Gasteiger partial charge < -0.3 is 14.5 Å². The fourth-order valence-corrected chi connectivity index (χ4v) is 4.44. The highest BCUT2D eigenvalue weighted by atomic mass is 35.5. The Kier molecular flexibility index (Phi) is 7.00. The minimum atomic E-state index is -0.384. The summed E-state index contributed by atoms with van der Waals surface area (Å²) in [6, 6.07) is 3.93. The van der Waals surface area contributed by atoms with E-state index in [2.05, 4.69) is 30.7 Å². The first kappa shape index (κ1) is 21.5. The van der Waals surface area contributed by atoms with E-state index in [-0.39, 0.29) is 16.9 Å². The van der Waals surface area contributed by atoms with Crippen LogP contribution in [0.5, 0.6) is 0 Å². The summed E-state index contributed by atoms with van der Waals surface area (Å²) >= 11 is 6.18. The van der Waals surface area contributed by atoms with Crippen LogP contribution in [0.25, 0.3) is 0 Å². The SMILES string of the molecule is CC(C)(C)CC(=O)N1CCC(OCCN2CCCC2)(c2ccnc(Cl)c2)CC1. The highest BCUT2D eigenvalue weighted by Crippen LogP contribution is 2.38. The maximum atomic E-state index is 12.7. The van der Waals surface area contributed by atoms with Crippen molar-refractivity contribution in [1.82, 2.24) is 14.8 Å². The average Bonchev–Trinajstić information content (AvgIpc) is 3.14. The minimum Gasteiger partial charge on any atom is -0.369 e. The van der Waals surface area contributed by atoms with Crippen LogP contribution in [0.2, 0.25) is 5.15 Å². The second-order valence-electron chi connectivity index (χ2n) is 9.38. The van der Waals surface area contributed by atoms with Crippen molar-refractivity contribution < 1.29 is 9.53 Å². The third kappa shape index (κ3) is 5.68. The van der Waals surface area contributed by atoms with Crippen molar-refractivity contribution in [3.63, 3.8) is 0 Å². The van der Waals surface area contributed by atoms with Gasteiger partial charge in [0.15, 0.2) is 0 Å². The third-order valence-corrected chi connectivity index (χ3v) is 6.05. The van der Waals surface area contributed by atoms with Crippen LogP contribution in [0, 0.1) is 5.41 Å². The van der Waals surface area contributed by atoms with Gasteiger partial charge in [0.2, 0.25) is 5.91 Å². The molecular weight excluding hydrogens is 374 g/mol. The van der Waals surface area contributed by atoms with Crippen LogP contribution in [-0.4, -0.2) is 60.0 Å². The Balaban J connectivity index is 1.67. The van der Waals surface area contributed by atoms with Crippen molar-refractivity contribution in [3.05, 3.63) is 29.0 Å². The predicted octanol–water partition coefficient (Wildman–Crippen LogP) is 4.10. The van der Waals surface area contributed by atoms with E-state index in [4.69, 9.17) is 16.3 Å². The number of nitrogens with zero attached hydrogens (tertiary/aromatic N) is 3. The van der Waals surface area contributed by atoms with Crippen LogP contribution in [0.15, 0.2) is 18.3 Å². The van der Waals surface area contributed by atoms with Crippen LogP contribution >= 0.6 is 11.6 Å². The Morgan fingerprint density at radius 1 is 1.21 bits per heavy atom. The molecule has 6 heteroatoms. The molecular formula is C22H34ClN3O2. The standard InChI is InChI=1S/C22H34ClN3O2/c1-21(2,3)17-20(27)26-12-7-22(8-13-26,18-6-9-24-19(23)16-18)28-15-14-25-10-4-5-11-25/h6,9,16H,4-5,7-8,10-15,17H2,1-3H3. The van der Waals surface area contributed by atoms with E-state index in [1.807, 2.05) is 17.0 Å². The summed E-state index contributed by atoms with van der Waals surface area (Å²) in [7, 11) is 0. The summed E-state index contributed by atoms with van der Waals surface area (Å²) < 4.78 is 6.54. The number of aromatic nitrogens is 1. The molecule has 0 aliphatic carbocycles. The molecule has 0 N–H and O–H groups in total. The lowest BCUT2D eigenvalue weighted by atomic mass is 9.83. The third-order valence-electron chi connectivity index (χ3n) is 5.84. The number of amides is 1. The molecule has 1 aromatic heterocycles. The zero-order valence-corrected chi connectivity index (χ0v) is 18.3. The smallest absolute Gasteiger partial charge is 0.223 e. The summed E-state index contributed by atoms with van der Waals surface area (Å²) in [5, 5.41) is 0.492. The molecule has 0 bridgehead atoms. The van der Waals surface area contributed by atoms with E-state index >= 15 is 0 Å². The first-order valence-electron chi connectivity index (χ1n) is 10.5. The Morgan fingerprint density at radius 2 is 1.89 bits per heavy atom. The van der Waals surface area contributed by atoms with E-state index < -0.39 is 0 Å². The predicted molar refractivity (Wildman–Crippen MR) is 112 cm³/mol. The lowest BCUT2D eigenvalue weighted by Gasteiger charge is -2.43. The number of piperidine rings is 1. The minimum absolute atomic E-state index is 0.0104. The van der Waals surface area contributed by atoms with Gasteiger partial charge in [0.05, 0.1) is 12.2 Å². The van der Waals surface area contributed by atoms with Gasteiger partial charge in [0, 0.05) is 32.3 Å². The van der Waals surface area contributed by atoms with Crippen molar-refractivity contribution in [2.24, 2.45) is 5.41 Å². The number of carbonyl (C=O) groups is 1. The molecule has 2 fully saturated rings. The number of likely N-dealkylation sites (tertiary alicyclic amines) is 2. The van der Waals surface area contributed by atoms with E-state index in [1.165, 1.54) is 25.9 Å². The maximum absolute atomic E-state index is 12.7. The molecule has 1 aromatic rings. The summed E-state index contributed by atoms with van der Waals surface area (Å²) in [6.45, 7) is 11.8. The number of hydrogen-bond donors (Lipinski definition) is 0. The van der Waals surface area contributed by atoms with Crippen molar-refractivity contribution >= 4 is 17.5 Å². The molecule has 156 valence electrons. The Morgan fingerprint density at radius 3 is 2.50 bits per heavy atom. The molecule has 0 unspecified atom stereocenters. The van der Waals surface area contributed by atoms with Gasteiger partial charge in [-0.05, 0) is 61.9 Å². The monoisotopic (exact) mass is 407 g/mol. The molecule has 0 aromatic carbocycles. The first-order chi connectivity index (χ1) is 13.3. The topological polar surface area (TPSA) is 45.7 Å². The fourth-order valence-electron chi connectivity index (χ4n) is 4.26. The molecule has 0 radical (unpaired) electrons. The van der Waals surface area contributed by atoms with Crippen molar-refractivity contribution in [3.8, 4) is 0 Å². The molecule has 2 saturated heterocycles. The molecule has 28 heavy (non-hydrogen) atoms. The Labute approximate surface area is 174 Å². The van der Waals surface area contributed by atoms with Crippen LogP contribution in [0.1, 0.15) is 58.4 Å². The van der Waals surface area contributed by atoms with E-state index in [0.29, 0.717) is 18.2 Å².